The summed E-state index contributed by atoms with van der Waals surface area (Å²) in [5.74, 6) is -0.0523. The number of carboxylic acids is 1. The second-order valence-electron chi connectivity index (χ2n) is 8.33. The number of rotatable bonds is 3. The molecule has 1 N–H and O–H groups in total. The fourth-order valence-electron chi connectivity index (χ4n) is 5.07. The number of carboxylic acid groups (broad SMARTS) is 1. The Morgan fingerprint density at radius 3 is 2.70 bits per heavy atom. The van der Waals surface area contributed by atoms with Crippen LogP contribution in [0.5, 0.6) is 5.75 Å². The fraction of sp³-hybridized carbons (Fsp3) is 0.455. The SMILES string of the molecule is CCc1cc2c(cc1OC)-c1cc(=O)c(C(=O)O)cn1[C@H]1[C@@H]2CCC1(C)C. The number of pyridine rings is 1. The first-order valence-electron chi connectivity index (χ1n) is 9.49. The van der Waals surface area contributed by atoms with Crippen molar-refractivity contribution in [1.29, 1.82) is 0 Å². The maximum Gasteiger partial charge on any atom is 0.341 e. The summed E-state index contributed by atoms with van der Waals surface area (Å²) in [5.41, 5.74) is 3.60. The summed E-state index contributed by atoms with van der Waals surface area (Å²) >= 11 is 0. The van der Waals surface area contributed by atoms with E-state index in [1.54, 1.807) is 13.3 Å². The summed E-state index contributed by atoms with van der Waals surface area (Å²) < 4.78 is 7.62. The minimum Gasteiger partial charge on any atom is -0.496 e. The molecule has 1 saturated carbocycles. The molecule has 2 atom stereocenters. The fourth-order valence-corrected chi connectivity index (χ4v) is 5.07. The number of ether oxygens (including phenoxy) is 1. The van der Waals surface area contributed by atoms with E-state index in [9.17, 15) is 14.7 Å². The Morgan fingerprint density at radius 1 is 1.33 bits per heavy atom. The van der Waals surface area contributed by atoms with Crippen LogP contribution in [0.3, 0.4) is 0 Å². The second-order valence-corrected chi connectivity index (χ2v) is 8.33. The van der Waals surface area contributed by atoms with Crippen LogP contribution in [-0.2, 0) is 6.42 Å². The van der Waals surface area contributed by atoms with Gasteiger partial charge in [-0.2, -0.15) is 0 Å². The van der Waals surface area contributed by atoms with Crippen molar-refractivity contribution in [2.75, 3.05) is 7.11 Å². The van der Waals surface area contributed by atoms with Crippen LogP contribution in [0.4, 0.5) is 0 Å². The Labute approximate surface area is 158 Å². The van der Waals surface area contributed by atoms with Crippen LogP contribution in [0.25, 0.3) is 11.3 Å². The Morgan fingerprint density at radius 2 is 2.07 bits per heavy atom. The first-order valence-corrected chi connectivity index (χ1v) is 9.49. The molecule has 5 heteroatoms. The zero-order valence-electron chi connectivity index (χ0n) is 16.2. The van der Waals surface area contributed by atoms with E-state index in [4.69, 9.17) is 4.74 Å². The van der Waals surface area contributed by atoms with Crippen LogP contribution in [0.15, 0.2) is 29.2 Å². The van der Waals surface area contributed by atoms with Crippen LogP contribution >= 0.6 is 0 Å². The molecule has 0 spiro atoms. The van der Waals surface area contributed by atoms with Gasteiger partial charge in [-0.15, -0.1) is 0 Å². The zero-order chi connectivity index (χ0) is 19.5. The molecule has 5 nitrogen and oxygen atoms in total. The Bertz CT molecular complexity index is 1000. The van der Waals surface area contributed by atoms with Gasteiger partial charge in [0.1, 0.15) is 11.3 Å². The third-order valence-corrected chi connectivity index (χ3v) is 6.40. The lowest BCUT2D eigenvalue weighted by Crippen LogP contribution is -2.32. The highest BCUT2D eigenvalue weighted by Crippen LogP contribution is 2.59. The third kappa shape index (κ3) is 2.52. The average molecular weight is 367 g/mol. The largest absolute Gasteiger partial charge is 0.496 e. The van der Waals surface area contributed by atoms with Crippen molar-refractivity contribution >= 4 is 5.97 Å². The molecule has 1 fully saturated rings. The maximum atomic E-state index is 12.4. The molecule has 2 aliphatic rings. The molecule has 1 aliphatic heterocycles. The standard InChI is InChI=1S/C22H25NO4/c1-5-12-8-14-13-6-7-22(2,3)20(13)23-11-16(21(25)26)18(24)10-17(23)15(14)9-19(12)27-4/h8-11,13,20H,5-7H2,1-4H3,(H,25,26)/t13-,20+/m1/s1. The van der Waals surface area contributed by atoms with E-state index in [2.05, 4.69) is 26.8 Å². The minimum atomic E-state index is -1.17. The van der Waals surface area contributed by atoms with Gasteiger partial charge in [0.2, 0.25) is 0 Å². The van der Waals surface area contributed by atoms with Gasteiger partial charge in [0.25, 0.3) is 0 Å². The van der Waals surface area contributed by atoms with Crippen LogP contribution < -0.4 is 10.2 Å². The van der Waals surface area contributed by atoms with E-state index >= 15 is 0 Å². The second kappa shape index (κ2) is 5.98. The number of carbonyl (C=O) groups is 1. The molecule has 27 heavy (non-hydrogen) atoms. The molecule has 142 valence electrons. The van der Waals surface area contributed by atoms with Gasteiger partial charge in [0.15, 0.2) is 5.43 Å². The van der Waals surface area contributed by atoms with Crippen molar-refractivity contribution in [1.82, 2.24) is 4.57 Å². The van der Waals surface area contributed by atoms with E-state index in [1.807, 2.05) is 10.6 Å². The van der Waals surface area contributed by atoms with Crippen molar-refractivity contribution in [2.24, 2.45) is 5.41 Å². The van der Waals surface area contributed by atoms with Crippen molar-refractivity contribution in [3.8, 4) is 17.0 Å². The quantitative estimate of drug-likeness (QED) is 0.881. The first-order chi connectivity index (χ1) is 12.8. The molecule has 0 radical (unpaired) electrons. The molecule has 2 aromatic rings. The van der Waals surface area contributed by atoms with E-state index in [0.717, 1.165) is 41.8 Å². The number of aromatic carboxylic acids is 1. The molecule has 1 aromatic heterocycles. The van der Waals surface area contributed by atoms with Crippen LogP contribution in [0, 0.1) is 5.41 Å². The number of fused-ring (bicyclic) bond motifs is 6. The van der Waals surface area contributed by atoms with Crippen molar-refractivity contribution in [2.45, 2.75) is 52.0 Å². The minimum absolute atomic E-state index is 0.0221. The average Bonchev–Trinajstić information content (AvgIpc) is 2.95. The van der Waals surface area contributed by atoms with E-state index in [1.165, 1.54) is 11.6 Å². The van der Waals surface area contributed by atoms with E-state index < -0.39 is 11.4 Å². The summed E-state index contributed by atoms with van der Waals surface area (Å²) in [6.07, 6.45) is 4.53. The lowest BCUT2D eigenvalue weighted by Gasteiger charge is -2.40. The Hall–Kier alpha value is -2.56. The van der Waals surface area contributed by atoms with Crippen LogP contribution in [0.1, 0.15) is 67.1 Å². The predicted octanol–water partition coefficient (Wildman–Crippen LogP) is 4.24. The summed E-state index contributed by atoms with van der Waals surface area (Å²) in [5, 5.41) is 9.45. The normalized spacial score (nSPS) is 21.9. The predicted molar refractivity (Wildman–Crippen MR) is 104 cm³/mol. The molecular weight excluding hydrogens is 342 g/mol. The van der Waals surface area contributed by atoms with Crippen molar-refractivity contribution < 1.29 is 14.6 Å². The molecule has 0 unspecified atom stereocenters. The molecule has 2 heterocycles. The molecule has 1 aliphatic carbocycles. The molecule has 4 rings (SSSR count). The first kappa shape index (κ1) is 17.8. The number of hydrogen-bond acceptors (Lipinski definition) is 3. The maximum absolute atomic E-state index is 12.4. The van der Waals surface area contributed by atoms with Gasteiger partial charge in [-0.25, -0.2) is 4.79 Å². The van der Waals surface area contributed by atoms with Gasteiger partial charge in [0, 0.05) is 29.8 Å². The van der Waals surface area contributed by atoms with Gasteiger partial charge < -0.3 is 14.4 Å². The Kier molecular flexibility index (Phi) is 3.95. The number of benzene rings is 1. The zero-order valence-corrected chi connectivity index (χ0v) is 16.2. The monoisotopic (exact) mass is 367 g/mol. The number of hydrogen-bond donors (Lipinski definition) is 1. The molecule has 1 aromatic carbocycles. The highest BCUT2D eigenvalue weighted by Gasteiger charge is 2.47. The van der Waals surface area contributed by atoms with Crippen LogP contribution in [-0.4, -0.2) is 22.8 Å². The van der Waals surface area contributed by atoms with Gasteiger partial charge in [-0.3, -0.25) is 4.79 Å². The lowest BCUT2D eigenvalue weighted by atomic mass is 9.77. The number of methoxy groups -OCH3 is 1. The molecule has 0 amide bonds. The number of aryl methyl sites for hydroxylation is 1. The topological polar surface area (TPSA) is 68.5 Å². The summed E-state index contributed by atoms with van der Waals surface area (Å²) in [6.45, 7) is 6.57. The van der Waals surface area contributed by atoms with Gasteiger partial charge in [0.05, 0.1) is 12.8 Å². The molecule has 0 bridgehead atoms. The van der Waals surface area contributed by atoms with Crippen molar-refractivity contribution in [3.05, 3.63) is 51.3 Å². The molecular formula is C22H25NO4. The third-order valence-electron chi connectivity index (χ3n) is 6.40. The lowest BCUT2D eigenvalue weighted by molar-refractivity contribution is 0.0693. The van der Waals surface area contributed by atoms with Gasteiger partial charge in [-0.1, -0.05) is 26.8 Å². The van der Waals surface area contributed by atoms with Gasteiger partial charge >= 0.3 is 5.97 Å². The highest BCUT2D eigenvalue weighted by molar-refractivity contribution is 5.88. The van der Waals surface area contributed by atoms with E-state index in [-0.39, 0.29) is 17.0 Å². The molecule has 0 saturated heterocycles. The summed E-state index contributed by atoms with van der Waals surface area (Å²) in [6, 6.07) is 5.86. The van der Waals surface area contributed by atoms with Crippen molar-refractivity contribution in [3.63, 3.8) is 0 Å². The van der Waals surface area contributed by atoms with Crippen LogP contribution in [0.2, 0.25) is 0 Å². The number of nitrogens with zero attached hydrogens (tertiary/aromatic N) is 1. The Balaban J connectivity index is 2.07. The summed E-state index contributed by atoms with van der Waals surface area (Å²) in [4.78, 5) is 24.0. The van der Waals surface area contributed by atoms with E-state index in [0.29, 0.717) is 5.92 Å². The smallest absolute Gasteiger partial charge is 0.341 e. The van der Waals surface area contributed by atoms with Gasteiger partial charge in [-0.05, 0) is 41.9 Å². The summed E-state index contributed by atoms with van der Waals surface area (Å²) in [7, 11) is 1.66. The number of aromatic nitrogens is 1. The highest BCUT2D eigenvalue weighted by atomic mass is 16.5.